The minimum Gasteiger partial charge on any atom is -0.317 e. The van der Waals surface area contributed by atoms with Gasteiger partial charge in [0.1, 0.15) is 0 Å². The first-order chi connectivity index (χ1) is 9.63. The standard InChI is InChI=1S/C16H24N2O2/c1-12-13(8-5-9-16(12)18(19)20)10-11-15(17-2)14-6-3-4-7-14/h5,8-9,14-15,17H,3-4,6-7,10-11H2,1-2H3. The summed E-state index contributed by atoms with van der Waals surface area (Å²) in [6, 6.07) is 5.94. The van der Waals surface area contributed by atoms with Gasteiger partial charge in [0.15, 0.2) is 0 Å². The average Bonchev–Trinajstić information content (AvgIpc) is 2.95. The molecule has 0 aromatic heterocycles. The van der Waals surface area contributed by atoms with Gasteiger partial charge >= 0.3 is 0 Å². The number of hydrogen-bond donors (Lipinski definition) is 1. The molecule has 1 fully saturated rings. The van der Waals surface area contributed by atoms with Gasteiger partial charge in [-0.3, -0.25) is 10.1 Å². The molecule has 1 aliphatic rings. The van der Waals surface area contributed by atoms with Crippen LogP contribution in [0, 0.1) is 23.0 Å². The molecule has 1 atom stereocenters. The predicted molar refractivity (Wildman–Crippen MR) is 81.0 cm³/mol. The fourth-order valence-corrected chi connectivity index (χ4v) is 3.43. The zero-order valence-corrected chi connectivity index (χ0v) is 12.4. The van der Waals surface area contributed by atoms with E-state index in [4.69, 9.17) is 0 Å². The number of rotatable bonds is 6. The summed E-state index contributed by atoms with van der Waals surface area (Å²) >= 11 is 0. The van der Waals surface area contributed by atoms with E-state index in [0.29, 0.717) is 6.04 Å². The Balaban J connectivity index is 2.02. The number of nitro benzene ring substituents is 1. The molecule has 0 aliphatic heterocycles. The molecule has 1 N–H and O–H groups in total. The third-order valence-corrected chi connectivity index (χ3v) is 4.68. The molecule has 1 aliphatic carbocycles. The van der Waals surface area contributed by atoms with E-state index in [0.717, 1.165) is 29.9 Å². The number of nitro groups is 1. The van der Waals surface area contributed by atoms with Crippen molar-refractivity contribution in [3.05, 3.63) is 39.4 Å². The molecule has 2 rings (SSSR count). The van der Waals surface area contributed by atoms with E-state index in [1.54, 1.807) is 12.1 Å². The van der Waals surface area contributed by atoms with Crippen LogP contribution >= 0.6 is 0 Å². The maximum Gasteiger partial charge on any atom is 0.272 e. The lowest BCUT2D eigenvalue weighted by Crippen LogP contribution is -2.32. The van der Waals surface area contributed by atoms with Crippen LogP contribution in [0.15, 0.2) is 18.2 Å². The highest BCUT2D eigenvalue weighted by Gasteiger charge is 2.24. The second kappa shape index (κ2) is 6.84. The molecule has 0 bridgehead atoms. The summed E-state index contributed by atoms with van der Waals surface area (Å²) in [7, 11) is 2.03. The van der Waals surface area contributed by atoms with E-state index in [1.165, 1.54) is 25.7 Å². The van der Waals surface area contributed by atoms with E-state index in [-0.39, 0.29) is 10.6 Å². The average molecular weight is 276 g/mol. The highest BCUT2D eigenvalue weighted by Crippen LogP contribution is 2.30. The number of nitrogens with one attached hydrogen (secondary N) is 1. The van der Waals surface area contributed by atoms with Crippen molar-refractivity contribution in [3.8, 4) is 0 Å². The minimum absolute atomic E-state index is 0.240. The van der Waals surface area contributed by atoms with Crippen molar-refractivity contribution >= 4 is 5.69 Å². The van der Waals surface area contributed by atoms with Crippen molar-refractivity contribution in [1.82, 2.24) is 5.32 Å². The van der Waals surface area contributed by atoms with Crippen LogP contribution in [0.25, 0.3) is 0 Å². The molecular weight excluding hydrogens is 252 g/mol. The zero-order valence-electron chi connectivity index (χ0n) is 12.4. The molecule has 0 saturated heterocycles. The first-order valence-electron chi connectivity index (χ1n) is 7.53. The number of hydrogen-bond acceptors (Lipinski definition) is 3. The Hall–Kier alpha value is -1.42. The normalized spacial score (nSPS) is 17.3. The summed E-state index contributed by atoms with van der Waals surface area (Å²) in [5.74, 6) is 0.777. The van der Waals surface area contributed by atoms with Gasteiger partial charge in [-0.25, -0.2) is 0 Å². The largest absolute Gasteiger partial charge is 0.317 e. The van der Waals surface area contributed by atoms with Gasteiger partial charge in [-0.2, -0.15) is 0 Å². The monoisotopic (exact) mass is 276 g/mol. The molecule has 0 spiro atoms. The Bertz CT molecular complexity index is 468. The molecule has 1 unspecified atom stereocenters. The molecule has 1 saturated carbocycles. The van der Waals surface area contributed by atoms with Crippen LogP contribution in [-0.4, -0.2) is 18.0 Å². The van der Waals surface area contributed by atoms with Crippen LogP contribution in [-0.2, 0) is 6.42 Å². The topological polar surface area (TPSA) is 55.2 Å². The van der Waals surface area contributed by atoms with E-state index < -0.39 is 0 Å². The molecule has 110 valence electrons. The van der Waals surface area contributed by atoms with Crippen molar-refractivity contribution in [2.24, 2.45) is 5.92 Å². The Labute approximate surface area is 120 Å². The summed E-state index contributed by atoms with van der Waals surface area (Å²) in [5.41, 5.74) is 2.17. The lowest BCUT2D eigenvalue weighted by Gasteiger charge is -2.23. The zero-order chi connectivity index (χ0) is 14.5. The van der Waals surface area contributed by atoms with Crippen LogP contribution < -0.4 is 5.32 Å². The van der Waals surface area contributed by atoms with E-state index in [9.17, 15) is 10.1 Å². The maximum atomic E-state index is 11.0. The van der Waals surface area contributed by atoms with Crippen LogP contribution in [0.1, 0.15) is 43.2 Å². The van der Waals surface area contributed by atoms with Crippen molar-refractivity contribution in [2.45, 2.75) is 51.5 Å². The summed E-state index contributed by atoms with van der Waals surface area (Å²) in [6.45, 7) is 1.86. The smallest absolute Gasteiger partial charge is 0.272 e. The lowest BCUT2D eigenvalue weighted by molar-refractivity contribution is -0.385. The molecule has 0 amide bonds. The third-order valence-electron chi connectivity index (χ3n) is 4.68. The van der Waals surface area contributed by atoms with Crippen LogP contribution in [0.5, 0.6) is 0 Å². The fraction of sp³-hybridized carbons (Fsp3) is 0.625. The van der Waals surface area contributed by atoms with Gasteiger partial charge in [0, 0.05) is 17.7 Å². The van der Waals surface area contributed by atoms with E-state index in [1.807, 2.05) is 20.0 Å². The van der Waals surface area contributed by atoms with Gasteiger partial charge in [0.2, 0.25) is 0 Å². The van der Waals surface area contributed by atoms with Crippen molar-refractivity contribution in [1.29, 1.82) is 0 Å². The summed E-state index contributed by atoms with van der Waals surface area (Å²) < 4.78 is 0. The van der Waals surface area contributed by atoms with Gasteiger partial charge < -0.3 is 5.32 Å². The van der Waals surface area contributed by atoms with Crippen molar-refractivity contribution in [2.75, 3.05) is 7.05 Å². The van der Waals surface area contributed by atoms with Crippen LogP contribution in [0.3, 0.4) is 0 Å². The van der Waals surface area contributed by atoms with Gasteiger partial charge in [-0.15, -0.1) is 0 Å². The predicted octanol–water partition coefficient (Wildman–Crippen LogP) is 3.61. The second-order valence-electron chi connectivity index (χ2n) is 5.80. The first-order valence-corrected chi connectivity index (χ1v) is 7.53. The second-order valence-corrected chi connectivity index (χ2v) is 5.80. The third kappa shape index (κ3) is 3.37. The quantitative estimate of drug-likeness (QED) is 0.638. The van der Waals surface area contributed by atoms with Crippen LogP contribution in [0.2, 0.25) is 0 Å². The molecule has 0 radical (unpaired) electrons. The minimum atomic E-state index is -0.286. The maximum absolute atomic E-state index is 11.0. The first kappa shape index (κ1) is 15.0. The van der Waals surface area contributed by atoms with Crippen molar-refractivity contribution < 1.29 is 4.92 Å². The summed E-state index contributed by atoms with van der Waals surface area (Å²) in [5, 5.41) is 14.4. The summed E-state index contributed by atoms with van der Waals surface area (Å²) in [6.07, 6.45) is 7.30. The molecule has 0 heterocycles. The van der Waals surface area contributed by atoms with Gasteiger partial charge in [-0.05, 0) is 51.1 Å². The molecule has 20 heavy (non-hydrogen) atoms. The molecule has 4 heteroatoms. The highest BCUT2D eigenvalue weighted by atomic mass is 16.6. The Kier molecular flexibility index (Phi) is 5.12. The lowest BCUT2D eigenvalue weighted by atomic mass is 9.91. The van der Waals surface area contributed by atoms with E-state index >= 15 is 0 Å². The Morgan fingerprint density at radius 1 is 1.40 bits per heavy atom. The summed E-state index contributed by atoms with van der Waals surface area (Å²) in [4.78, 5) is 10.7. The number of benzene rings is 1. The number of nitrogens with zero attached hydrogens (tertiary/aromatic N) is 1. The SMILES string of the molecule is CNC(CCc1cccc([N+](=O)[O-])c1C)C1CCCC1. The van der Waals surface area contributed by atoms with Crippen LogP contribution in [0.4, 0.5) is 5.69 Å². The molecule has 1 aromatic carbocycles. The molecule has 4 nitrogen and oxygen atoms in total. The Morgan fingerprint density at radius 3 is 2.70 bits per heavy atom. The Morgan fingerprint density at radius 2 is 2.10 bits per heavy atom. The van der Waals surface area contributed by atoms with E-state index in [2.05, 4.69) is 5.32 Å². The highest BCUT2D eigenvalue weighted by molar-refractivity contribution is 5.44. The fourth-order valence-electron chi connectivity index (χ4n) is 3.43. The van der Waals surface area contributed by atoms with Gasteiger partial charge in [0.05, 0.1) is 4.92 Å². The molecular formula is C16H24N2O2. The number of aryl methyl sites for hydroxylation is 1. The van der Waals surface area contributed by atoms with Gasteiger partial charge in [0.25, 0.3) is 5.69 Å². The van der Waals surface area contributed by atoms with Gasteiger partial charge in [-0.1, -0.05) is 25.0 Å². The molecule has 1 aromatic rings. The van der Waals surface area contributed by atoms with Crippen molar-refractivity contribution in [3.63, 3.8) is 0 Å².